The Morgan fingerprint density at radius 1 is 1.08 bits per heavy atom. The van der Waals surface area contributed by atoms with Crippen molar-refractivity contribution in [1.29, 1.82) is 0 Å². The average Bonchev–Trinajstić information content (AvgIpc) is 2.58. The first-order chi connectivity index (χ1) is 11.5. The fourth-order valence-corrected chi connectivity index (χ4v) is 2.39. The zero-order valence-corrected chi connectivity index (χ0v) is 13.2. The molecule has 3 aromatic rings. The van der Waals surface area contributed by atoms with Crippen molar-refractivity contribution in [3.8, 4) is 0 Å². The van der Waals surface area contributed by atoms with Crippen LogP contribution >= 0.6 is 11.6 Å². The van der Waals surface area contributed by atoms with Gasteiger partial charge in [-0.2, -0.15) is 0 Å². The molecule has 0 radical (unpaired) electrons. The quantitative estimate of drug-likeness (QED) is 0.735. The lowest BCUT2D eigenvalue weighted by Crippen LogP contribution is -2.37. The Hall–Kier alpha value is -2.86. The number of aromatic nitrogens is 2. The minimum atomic E-state index is -0.673. The average molecular weight is 345 g/mol. The van der Waals surface area contributed by atoms with E-state index in [1.165, 1.54) is 0 Å². The van der Waals surface area contributed by atoms with Crippen LogP contribution in [0.1, 0.15) is 5.56 Å². The molecule has 1 N–H and O–H groups in total. The lowest BCUT2D eigenvalue weighted by atomic mass is 10.2. The van der Waals surface area contributed by atoms with Crippen LogP contribution < -0.4 is 11.2 Å². The van der Waals surface area contributed by atoms with Gasteiger partial charge in [0.05, 0.1) is 10.9 Å². The fraction of sp³-hybridized carbons (Fsp3) is 0.118. The number of esters is 1. The number of hydrogen-bond acceptors (Lipinski definition) is 4. The Labute approximate surface area is 141 Å². The molecule has 1 aromatic heterocycles. The van der Waals surface area contributed by atoms with Crippen molar-refractivity contribution < 1.29 is 9.53 Å². The number of nitrogens with one attached hydrogen (secondary N) is 1. The number of rotatable bonds is 4. The van der Waals surface area contributed by atoms with Crippen LogP contribution in [-0.4, -0.2) is 15.5 Å². The molecule has 0 spiro atoms. The van der Waals surface area contributed by atoms with Crippen LogP contribution in [0.4, 0.5) is 0 Å². The Kier molecular flexibility index (Phi) is 4.48. The third-order valence-corrected chi connectivity index (χ3v) is 3.74. The second kappa shape index (κ2) is 6.72. The van der Waals surface area contributed by atoms with Gasteiger partial charge in [-0.25, -0.2) is 9.36 Å². The number of nitrogens with zero attached hydrogens (tertiary/aromatic N) is 1. The Balaban J connectivity index is 1.77. The number of fused-ring (bicyclic) bond motifs is 1. The highest BCUT2D eigenvalue weighted by molar-refractivity contribution is 6.30. The summed E-state index contributed by atoms with van der Waals surface area (Å²) in [5, 5.41) is 0.918. The number of halogens is 1. The minimum Gasteiger partial charge on any atom is -0.459 e. The largest absolute Gasteiger partial charge is 0.459 e. The van der Waals surface area contributed by atoms with Crippen LogP contribution in [0.25, 0.3) is 10.9 Å². The van der Waals surface area contributed by atoms with Gasteiger partial charge in [0.25, 0.3) is 5.56 Å². The number of aromatic amines is 1. The number of ether oxygens (including phenoxy) is 1. The number of hydrogen-bond donors (Lipinski definition) is 1. The fourth-order valence-electron chi connectivity index (χ4n) is 2.26. The van der Waals surface area contributed by atoms with Crippen LogP contribution in [0, 0.1) is 0 Å². The highest BCUT2D eigenvalue weighted by atomic mass is 35.5. The Morgan fingerprint density at radius 2 is 1.79 bits per heavy atom. The van der Waals surface area contributed by atoms with Crippen LogP contribution in [0.5, 0.6) is 0 Å². The van der Waals surface area contributed by atoms with E-state index >= 15 is 0 Å². The summed E-state index contributed by atoms with van der Waals surface area (Å²) < 4.78 is 5.93. The molecule has 0 unspecified atom stereocenters. The second-order valence-electron chi connectivity index (χ2n) is 5.15. The SMILES string of the molecule is O=C(Cn1c(=O)[nH]c2ccccc2c1=O)OCc1ccc(Cl)cc1. The molecule has 3 rings (SSSR count). The number of benzene rings is 2. The third kappa shape index (κ3) is 3.38. The molecule has 2 aromatic carbocycles. The van der Waals surface area contributed by atoms with Gasteiger partial charge >= 0.3 is 11.7 Å². The number of carbonyl (C=O) groups excluding carboxylic acids is 1. The van der Waals surface area contributed by atoms with Crippen molar-refractivity contribution in [2.24, 2.45) is 0 Å². The normalized spacial score (nSPS) is 10.7. The standard InChI is InChI=1S/C17H13ClN2O4/c18-12-7-5-11(6-8-12)10-24-15(21)9-20-16(22)13-3-1-2-4-14(13)19-17(20)23/h1-8H,9-10H2,(H,19,23). The number of para-hydroxylation sites is 1. The molecule has 24 heavy (non-hydrogen) atoms. The van der Waals surface area contributed by atoms with Crippen LogP contribution in [-0.2, 0) is 22.7 Å². The first kappa shape index (κ1) is 16.0. The summed E-state index contributed by atoms with van der Waals surface area (Å²) in [5.74, 6) is -0.673. The maximum absolute atomic E-state index is 12.3. The van der Waals surface area contributed by atoms with Crippen molar-refractivity contribution in [1.82, 2.24) is 9.55 Å². The number of H-pyrrole nitrogens is 1. The van der Waals surface area contributed by atoms with Gasteiger partial charge in [-0.3, -0.25) is 9.59 Å². The van der Waals surface area contributed by atoms with Crippen molar-refractivity contribution in [3.63, 3.8) is 0 Å². The lowest BCUT2D eigenvalue weighted by molar-refractivity contribution is -0.145. The second-order valence-corrected chi connectivity index (χ2v) is 5.59. The lowest BCUT2D eigenvalue weighted by Gasteiger charge is -2.07. The topological polar surface area (TPSA) is 81.2 Å². The first-order valence-corrected chi connectivity index (χ1v) is 7.54. The van der Waals surface area contributed by atoms with Crippen molar-refractivity contribution in [2.75, 3.05) is 0 Å². The van der Waals surface area contributed by atoms with E-state index in [1.54, 1.807) is 48.5 Å². The molecule has 0 amide bonds. The molecule has 0 aliphatic heterocycles. The number of carbonyl (C=O) groups is 1. The summed E-state index contributed by atoms with van der Waals surface area (Å²) in [4.78, 5) is 38.8. The van der Waals surface area contributed by atoms with Gasteiger partial charge in [0.15, 0.2) is 0 Å². The molecule has 7 heteroatoms. The van der Waals surface area contributed by atoms with E-state index in [1.807, 2.05) is 0 Å². The van der Waals surface area contributed by atoms with Gasteiger partial charge in [-0.05, 0) is 29.8 Å². The summed E-state index contributed by atoms with van der Waals surface area (Å²) >= 11 is 5.78. The summed E-state index contributed by atoms with van der Waals surface area (Å²) in [7, 11) is 0. The maximum Gasteiger partial charge on any atom is 0.329 e. The molecule has 0 atom stereocenters. The molecular formula is C17H13ClN2O4. The van der Waals surface area contributed by atoms with E-state index in [9.17, 15) is 14.4 Å². The van der Waals surface area contributed by atoms with E-state index in [-0.39, 0.29) is 6.61 Å². The molecule has 0 aliphatic rings. The van der Waals surface area contributed by atoms with Crippen LogP contribution in [0.3, 0.4) is 0 Å². The molecule has 0 aliphatic carbocycles. The van der Waals surface area contributed by atoms with E-state index in [4.69, 9.17) is 16.3 Å². The van der Waals surface area contributed by atoms with Gasteiger partial charge in [0.2, 0.25) is 0 Å². The zero-order chi connectivity index (χ0) is 17.1. The maximum atomic E-state index is 12.3. The third-order valence-electron chi connectivity index (χ3n) is 3.49. The van der Waals surface area contributed by atoms with E-state index < -0.39 is 23.8 Å². The minimum absolute atomic E-state index is 0.0379. The van der Waals surface area contributed by atoms with Gasteiger partial charge in [-0.1, -0.05) is 35.9 Å². The van der Waals surface area contributed by atoms with Crippen molar-refractivity contribution in [2.45, 2.75) is 13.2 Å². The highest BCUT2D eigenvalue weighted by Crippen LogP contribution is 2.10. The van der Waals surface area contributed by atoms with E-state index in [0.29, 0.717) is 15.9 Å². The summed E-state index contributed by atoms with van der Waals surface area (Å²) in [6, 6.07) is 13.4. The van der Waals surface area contributed by atoms with Crippen LogP contribution in [0.15, 0.2) is 58.1 Å². The summed E-state index contributed by atoms with van der Waals surface area (Å²) in [5.41, 5.74) is 0.00531. The molecule has 122 valence electrons. The first-order valence-electron chi connectivity index (χ1n) is 7.16. The molecule has 0 bridgehead atoms. The molecular weight excluding hydrogens is 332 g/mol. The Morgan fingerprint density at radius 3 is 2.54 bits per heavy atom. The smallest absolute Gasteiger partial charge is 0.329 e. The van der Waals surface area contributed by atoms with Crippen LogP contribution in [0.2, 0.25) is 5.02 Å². The van der Waals surface area contributed by atoms with Gasteiger partial charge in [0, 0.05) is 5.02 Å². The molecule has 0 fully saturated rings. The Bertz CT molecular complexity index is 1010. The van der Waals surface area contributed by atoms with Crippen molar-refractivity contribution in [3.05, 3.63) is 80.0 Å². The zero-order valence-electron chi connectivity index (χ0n) is 12.5. The summed E-state index contributed by atoms with van der Waals surface area (Å²) in [6.07, 6.45) is 0. The van der Waals surface area contributed by atoms with Gasteiger partial charge in [0.1, 0.15) is 13.2 Å². The predicted octanol–water partition coefficient (Wildman–Crippen LogP) is 2.09. The highest BCUT2D eigenvalue weighted by Gasteiger charge is 2.12. The molecule has 0 saturated heterocycles. The van der Waals surface area contributed by atoms with E-state index in [0.717, 1.165) is 10.1 Å². The molecule has 0 saturated carbocycles. The van der Waals surface area contributed by atoms with Gasteiger partial charge in [-0.15, -0.1) is 0 Å². The van der Waals surface area contributed by atoms with Crippen molar-refractivity contribution >= 4 is 28.5 Å². The predicted molar refractivity (Wildman–Crippen MR) is 90.1 cm³/mol. The van der Waals surface area contributed by atoms with Gasteiger partial charge < -0.3 is 9.72 Å². The summed E-state index contributed by atoms with van der Waals surface area (Å²) in [6.45, 7) is -0.414. The van der Waals surface area contributed by atoms with E-state index in [2.05, 4.69) is 4.98 Å². The monoisotopic (exact) mass is 344 g/mol. The molecule has 1 heterocycles. The molecule has 6 nitrogen and oxygen atoms in total.